The van der Waals surface area contributed by atoms with Gasteiger partial charge >= 0.3 is 6.03 Å². The highest BCUT2D eigenvalue weighted by molar-refractivity contribution is 5.75. The molecule has 2 aromatic heterocycles. The van der Waals surface area contributed by atoms with Crippen molar-refractivity contribution in [3.63, 3.8) is 0 Å². The molecule has 0 saturated carbocycles. The molecule has 1 atom stereocenters. The van der Waals surface area contributed by atoms with Crippen LogP contribution in [0.5, 0.6) is 0 Å². The summed E-state index contributed by atoms with van der Waals surface area (Å²) in [7, 11) is 0. The van der Waals surface area contributed by atoms with E-state index in [2.05, 4.69) is 15.3 Å². The Hall–Kier alpha value is -3.27. The average molecular weight is 423 g/mol. The van der Waals surface area contributed by atoms with Crippen molar-refractivity contribution in [1.82, 2.24) is 34.8 Å². The first-order valence-electron chi connectivity index (χ1n) is 10.7. The van der Waals surface area contributed by atoms with E-state index in [1.54, 1.807) is 4.68 Å². The van der Waals surface area contributed by atoms with Crippen molar-refractivity contribution in [2.24, 2.45) is 0 Å². The van der Waals surface area contributed by atoms with Gasteiger partial charge < -0.3 is 19.5 Å². The number of aromatic amines is 1. The fourth-order valence-electron chi connectivity index (χ4n) is 4.27. The number of rotatable bonds is 3. The molecule has 0 bridgehead atoms. The summed E-state index contributed by atoms with van der Waals surface area (Å²) in [6, 6.07) is 9.91. The molecule has 1 aromatic carbocycles. The maximum atomic E-state index is 12.9. The number of likely N-dealkylation sites (tertiary alicyclic amines) is 1. The lowest BCUT2D eigenvalue weighted by Gasteiger charge is -2.37. The molecule has 162 valence electrons. The third-order valence-electron chi connectivity index (χ3n) is 5.93. The Morgan fingerprint density at radius 2 is 1.94 bits per heavy atom. The van der Waals surface area contributed by atoms with Crippen LogP contribution in [0.15, 0.2) is 35.1 Å². The molecule has 2 saturated heterocycles. The molecule has 0 spiro atoms. The first-order valence-corrected chi connectivity index (χ1v) is 10.7. The van der Waals surface area contributed by atoms with Gasteiger partial charge in [-0.15, -0.1) is 5.10 Å². The molecule has 2 aliphatic heterocycles. The third-order valence-corrected chi connectivity index (χ3v) is 5.93. The first kappa shape index (κ1) is 19.7. The summed E-state index contributed by atoms with van der Waals surface area (Å²) in [6.07, 6.45) is 1.73. The highest BCUT2D eigenvalue weighted by Gasteiger charge is 2.30. The van der Waals surface area contributed by atoms with E-state index in [-0.39, 0.29) is 23.0 Å². The lowest BCUT2D eigenvalue weighted by molar-refractivity contribution is 0.0407. The van der Waals surface area contributed by atoms with E-state index < -0.39 is 0 Å². The number of hydrogen-bond donors (Lipinski definition) is 1. The van der Waals surface area contributed by atoms with Crippen LogP contribution in [-0.2, 0) is 11.3 Å². The Kier molecular flexibility index (Phi) is 5.37. The Labute approximate surface area is 178 Å². The fourth-order valence-corrected chi connectivity index (χ4v) is 4.27. The minimum atomic E-state index is -0.295. The molecule has 2 aliphatic rings. The highest BCUT2D eigenvalue weighted by Crippen LogP contribution is 2.25. The van der Waals surface area contributed by atoms with Crippen molar-refractivity contribution in [2.75, 3.05) is 39.4 Å². The zero-order valence-electron chi connectivity index (χ0n) is 17.2. The van der Waals surface area contributed by atoms with Crippen LogP contribution in [0.4, 0.5) is 4.79 Å². The van der Waals surface area contributed by atoms with E-state index in [4.69, 9.17) is 9.72 Å². The van der Waals surface area contributed by atoms with Gasteiger partial charge in [0.2, 0.25) is 0 Å². The molecule has 2 fully saturated rings. The number of benzene rings is 1. The van der Waals surface area contributed by atoms with Crippen molar-refractivity contribution in [3.05, 3.63) is 52.1 Å². The van der Waals surface area contributed by atoms with Gasteiger partial charge in [0, 0.05) is 32.1 Å². The van der Waals surface area contributed by atoms with Gasteiger partial charge in [-0.3, -0.25) is 4.79 Å². The normalized spacial score (nSPS) is 19.7. The lowest BCUT2D eigenvalue weighted by atomic mass is 9.97. The van der Waals surface area contributed by atoms with E-state index >= 15 is 0 Å². The van der Waals surface area contributed by atoms with E-state index in [0.717, 1.165) is 18.4 Å². The van der Waals surface area contributed by atoms with Gasteiger partial charge in [-0.1, -0.05) is 35.5 Å². The number of carbonyl (C=O) groups excluding carboxylic acids is 1. The number of carbonyl (C=O) groups is 1. The topological polar surface area (TPSA) is 109 Å². The van der Waals surface area contributed by atoms with Gasteiger partial charge in [-0.25, -0.2) is 14.5 Å². The molecule has 0 radical (unpaired) electrons. The first-order chi connectivity index (χ1) is 15.2. The summed E-state index contributed by atoms with van der Waals surface area (Å²) in [5.41, 5.74) is 1.46. The number of hydrogen-bond acceptors (Lipinski definition) is 6. The number of H-pyrrole nitrogens is 1. The van der Waals surface area contributed by atoms with Gasteiger partial charge in [0.15, 0.2) is 11.2 Å². The second-order valence-electron chi connectivity index (χ2n) is 8.02. The van der Waals surface area contributed by atoms with Crippen LogP contribution in [0.25, 0.3) is 11.2 Å². The van der Waals surface area contributed by atoms with Gasteiger partial charge in [0.1, 0.15) is 5.82 Å². The number of urea groups is 1. The smallest absolute Gasteiger partial charge is 0.320 e. The number of ether oxygens (including phenoxy) is 1. The summed E-state index contributed by atoms with van der Waals surface area (Å²) in [6.45, 7) is 4.12. The molecule has 5 rings (SSSR count). The van der Waals surface area contributed by atoms with Crippen LogP contribution in [0.1, 0.15) is 30.1 Å². The molecular weight excluding hydrogens is 398 g/mol. The quantitative estimate of drug-likeness (QED) is 0.678. The van der Waals surface area contributed by atoms with Gasteiger partial charge in [0.25, 0.3) is 5.56 Å². The Morgan fingerprint density at radius 1 is 1.13 bits per heavy atom. The number of aromatic nitrogens is 5. The van der Waals surface area contributed by atoms with Gasteiger partial charge in [0.05, 0.1) is 19.8 Å². The van der Waals surface area contributed by atoms with Crippen LogP contribution in [0.3, 0.4) is 0 Å². The second-order valence-corrected chi connectivity index (χ2v) is 8.02. The summed E-state index contributed by atoms with van der Waals surface area (Å²) in [4.78, 5) is 36.9. The zero-order chi connectivity index (χ0) is 21.2. The Bertz CT molecular complexity index is 1120. The number of nitrogens with zero attached hydrogens (tertiary/aromatic N) is 6. The minimum Gasteiger partial charge on any atom is -0.378 e. The van der Waals surface area contributed by atoms with Crippen LogP contribution in [0.2, 0.25) is 0 Å². The average Bonchev–Trinajstić information content (AvgIpc) is 3.23. The molecule has 3 aromatic rings. The molecule has 2 amide bonds. The lowest BCUT2D eigenvalue weighted by Crippen LogP contribution is -2.50. The van der Waals surface area contributed by atoms with Crippen molar-refractivity contribution < 1.29 is 9.53 Å². The van der Waals surface area contributed by atoms with Crippen LogP contribution in [0, 0.1) is 0 Å². The molecule has 31 heavy (non-hydrogen) atoms. The third kappa shape index (κ3) is 4.02. The number of amides is 2. The Morgan fingerprint density at radius 3 is 2.74 bits per heavy atom. The van der Waals surface area contributed by atoms with Crippen LogP contribution < -0.4 is 5.56 Å². The summed E-state index contributed by atoms with van der Waals surface area (Å²) in [5.74, 6) is 0.560. The fraction of sp³-hybridized carbons (Fsp3) is 0.476. The van der Waals surface area contributed by atoms with E-state index in [9.17, 15) is 9.59 Å². The van der Waals surface area contributed by atoms with E-state index in [1.165, 1.54) is 0 Å². The summed E-state index contributed by atoms with van der Waals surface area (Å²) in [5, 5.41) is 8.17. The molecule has 10 nitrogen and oxygen atoms in total. The minimum absolute atomic E-state index is 0.0316. The van der Waals surface area contributed by atoms with Crippen LogP contribution in [-0.4, -0.2) is 80.2 Å². The zero-order valence-corrected chi connectivity index (χ0v) is 17.2. The SMILES string of the molecule is O=C(N1CCOCC1)N1CCC[C@@H](c2nc3c(nnn3Cc3ccccc3)c(=O)[nH]2)C1. The van der Waals surface area contributed by atoms with Crippen molar-refractivity contribution in [3.8, 4) is 0 Å². The monoisotopic (exact) mass is 423 g/mol. The highest BCUT2D eigenvalue weighted by atomic mass is 16.5. The molecule has 4 heterocycles. The van der Waals surface area contributed by atoms with Gasteiger partial charge in [-0.2, -0.15) is 0 Å². The number of piperidine rings is 1. The predicted octanol–water partition coefficient (Wildman–Crippen LogP) is 1.19. The molecule has 0 aliphatic carbocycles. The number of morpholine rings is 1. The largest absolute Gasteiger partial charge is 0.378 e. The molecular formula is C21H25N7O3. The van der Waals surface area contributed by atoms with E-state index in [0.29, 0.717) is 57.4 Å². The summed E-state index contributed by atoms with van der Waals surface area (Å²) >= 11 is 0. The van der Waals surface area contributed by atoms with Crippen LogP contribution >= 0.6 is 0 Å². The predicted molar refractivity (Wildman–Crippen MR) is 113 cm³/mol. The maximum Gasteiger partial charge on any atom is 0.320 e. The standard InChI is InChI=1S/C21H25N7O3/c29-20-17-19(28(25-24-17)13-15-5-2-1-3-6-15)22-18(23-20)16-7-4-8-27(14-16)21(30)26-9-11-31-12-10-26/h1-3,5-6,16H,4,7-14H2,(H,22,23,29)/t16-/m1/s1. The molecule has 1 N–H and O–H groups in total. The van der Waals surface area contributed by atoms with Crippen molar-refractivity contribution in [1.29, 1.82) is 0 Å². The van der Waals surface area contributed by atoms with Gasteiger partial charge in [-0.05, 0) is 18.4 Å². The number of fused-ring (bicyclic) bond motifs is 1. The second kappa shape index (κ2) is 8.46. The van der Waals surface area contributed by atoms with Crippen molar-refractivity contribution >= 4 is 17.2 Å². The molecule has 0 unspecified atom stereocenters. The van der Waals surface area contributed by atoms with Crippen molar-refractivity contribution in [2.45, 2.75) is 25.3 Å². The number of nitrogens with one attached hydrogen (secondary N) is 1. The van der Waals surface area contributed by atoms with E-state index in [1.807, 2.05) is 40.1 Å². The maximum absolute atomic E-state index is 12.9. The Balaban J connectivity index is 1.39. The molecule has 10 heteroatoms. The summed E-state index contributed by atoms with van der Waals surface area (Å²) < 4.78 is 7.01.